The van der Waals surface area contributed by atoms with Gasteiger partial charge in [0.15, 0.2) is 0 Å². The second kappa shape index (κ2) is 4.64. The van der Waals surface area contributed by atoms with Crippen molar-refractivity contribution in [3.05, 3.63) is 28.3 Å². The van der Waals surface area contributed by atoms with Crippen molar-refractivity contribution in [3.8, 4) is 0 Å². The average Bonchev–Trinajstić information content (AvgIpc) is 2.60. The molecule has 2 nitrogen and oxygen atoms in total. The molecular weight excluding hydrogens is 220 g/mol. The molecule has 0 aromatic heterocycles. The van der Waals surface area contributed by atoms with Gasteiger partial charge in [-0.1, -0.05) is 17.7 Å². The molecule has 0 saturated carbocycles. The van der Waals surface area contributed by atoms with Crippen LogP contribution in [0.2, 0.25) is 5.02 Å². The summed E-state index contributed by atoms with van der Waals surface area (Å²) in [4.78, 5) is 2.37. The summed E-state index contributed by atoms with van der Waals surface area (Å²) < 4.78 is 0. The lowest BCUT2D eigenvalue weighted by atomic mass is 10.0. The molecule has 1 atom stereocenters. The van der Waals surface area contributed by atoms with Gasteiger partial charge in [-0.15, -0.1) is 0 Å². The number of likely N-dealkylation sites (N-methyl/N-ethyl adjacent to an activating group) is 1. The fourth-order valence-corrected chi connectivity index (χ4v) is 2.85. The third kappa shape index (κ3) is 1.92. The Kier molecular flexibility index (Phi) is 3.41. The van der Waals surface area contributed by atoms with Crippen LogP contribution in [0.15, 0.2) is 12.1 Å². The van der Waals surface area contributed by atoms with E-state index in [1.165, 1.54) is 16.8 Å². The third-order valence-corrected chi connectivity index (χ3v) is 3.86. The summed E-state index contributed by atoms with van der Waals surface area (Å²) >= 11 is 6.25. The van der Waals surface area contributed by atoms with Crippen molar-refractivity contribution >= 4 is 17.3 Å². The number of hydrogen-bond donors (Lipinski definition) is 1. The monoisotopic (exact) mass is 238 g/mol. The number of rotatable bonds is 3. The Bertz CT molecular complexity index is 390. The molecule has 0 saturated heterocycles. The van der Waals surface area contributed by atoms with E-state index in [9.17, 15) is 0 Å². The van der Waals surface area contributed by atoms with Gasteiger partial charge in [-0.3, -0.25) is 0 Å². The van der Waals surface area contributed by atoms with Crippen molar-refractivity contribution in [2.45, 2.75) is 32.2 Å². The van der Waals surface area contributed by atoms with Crippen LogP contribution in [0.4, 0.5) is 5.69 Å². The molecule has 1 aromatic carbocycles. The molecule has 2 rings (SSSR count). The first-order valence-electron chi connectivity index (χ1n) is 5.86. The quantitative estimate of drug-likeness (QED) is 0.878. The molecule has 2 N–H and O–H groups in total. The summed E-state index contributed by atoms with van der Waals surface area (Å²) in [6.07, 6.45) is 3.30. The molecule has 1 aliphatic rings. The highest BCUT2D eigenvalue weighted by atomic mass is 35.5. The van der Waals surface area contributed by atoms with Gasteiger partial charge in [0.25, 0.3) is 0 Å². The van der Waals surface area contributed by atoms with E-state index in [-0.39, 0.29) is 0 Å². The molecule has 1 unspecified atom stereocenters. The highest BCUT2D eigenvalue weighted by Gasteiger charge is 2.28. The number of anilines is 1. The summed E-state index contributed by atoms with van der Waals surface area (Å²) in [5, 5.41) is 0.905. The van der Waals surface area contributed by atoms with Crippen LogP contribution in [-0.4, -0.2) is 19.6 Å². The largest absolute Gasteiger partial charge is 0.371 e. The van der Waals surface area contributed by atoms with Crippen molar-refractivity contribution in [1.29, 1.82) is 0 Å². The maximum Gasteiger partial charge on any atom is 0.0459 e. The average molecular weight is 239 g/mol. The minimum Gasteiger partial charge on any atom is -0.371 e. The minimum absolute atomic E-state index is 0.567. The number of nitrogens with two attached hydrogens (primary N) is 1. The van der Waals surface area contributed by atoms with Gasteiger partial charge in [0, 0.05) is 23.8 Å². The van der Waals surface area contributed by atoms with E-state index in [1.54, 1.807) is 0 Å². The van der Waals surface area contributed by atoms with E-state index in [2.05, 4.69) is 24.9 Å². The Morgan fingerprint density at radius 3 is 2.88 bits per heavy atom. The second-order valence-electron chi connectivity index (χ2n) is 4.59. The number of nitrogens with zero attached hydrogens (tertiary/aromatic N) is 1. The molecule has 88 valence electrons. The van der Waals surface area contributed by atoms with Crippen LogP contribution < -0.4 is 10.6 Å². The van der Waals surface area contributed by atoms with Gasteiger partial charge in [0.2, 0.25) is 0 Å². The summed E-state index contributed by atoms with van der Waals surface area (Å²) in [6, 6.07) is 4.68. The molecule has 1 aromatic rings. The molecule has 0 fully saturated rings. The molecule has 3 heteroatoms. The third-order valence-electron chi connectivity index (χ3n) is 3.51. The Morgan fingerprint density at radius 1 is 1.50 bits per heavy atom. The summed E-state index contributed by atoms with van der Waals surface area (Å²) in [7, 11) is 2.16. The van der Waals surface area contributed by atoms with Crippen LogP contribution in [0.5, 0.6) is 0 Å². The van der Waals surface area contributed by atoms with Crippen molar-refractivity contribution in [1.82, 2.24) is 0 Å². The fourth-order valence-electron chi connectivity index (χ4n) is 2.62. The molecule has 0 bridgehead atoms. The van der Waals surface area contributed by atoms with Crippen LogP contribution in [0.25, 0.3) is 0 Å². The lowest BCUT2D eigenvalue weighted by molar-refractivity contribution is 0.584. The van der Waals surface area contributed by atoms with E-state index >= 15 is 0 Å². The Hall–Kier alpha value is -0.730. The Balaban J connectivity index is 2.27. The van der Waals surface area contributed by atoms with Crippen molar-refractivity contribution in [2.75, 3.05) is 18.5 Å². The zero-order chi connectivity index (χ0) is 11.7. The van der Waals surface area contributed by atoms with Gasteiger partial charge < -0.3 is 10.6 Å². The van der Waals surface area contributed by atoms with Crippen LogP contribution >= 0.6 is 11.6 Å². The Morgan fingerprint density at radius 2 is 2.25 bits per heavy atom. The summed E-state index contributed by atoms with van der Waals surface area (Å²) in [5.74, 6) is 0. The smallest absolute Gasteiger partial charge is 0.0459 e. The highest BCUT2D eigenvalue weighted by molar-refractivity contribution is 6.31. The fraction of sp³-hybridized carbons (Fsp3) is 0.538. The standard InChI is InChI=1S/C13H19ClN2/c1-9-5-6-12(14)11-8-10(4-3-7-15)16(2)13(9)11/h5-6,10H,3-4,7-8,15H2,1-2H3. The van der Waals surface area contributed by atoms with E-state index in [4.69, 9.17) is 17.3 Å². The van der Waals surface area contributed by atoms with Crippen LogP contribution in [0.3, 0.4) is 0 Å². The van der Waals surface area contributed by atoms with E-state index in [0.29, 0.717) is 6.04 Å². The van der Waals surface area contributed by atoms with Crippen LogP contribution in [-0.2, 0) is 6.42 Å². The highest BCUT2D eigenvalue weighted by Crippen LogP contribution is 2.39. The molecule has 1 aliphatic heterocycles. The first-order chi connectivity index (χ1) is 7.65. The lowest BCUT2D eigenvalue weighted by Crippen LogP contribution is -2.28. The zero-order valence-corrected chi connectivity index (χ0v) is 10.7. The molecule has 0 spiro atoms. The van der Waals surface area contributed by atoms with Gasteiger partial charge >= 0.3 is 0 Å². The number of halogens is 1. The number of aryl methyl sites for hydroxylation is 1. The maximum atomic E-state index is 6.25. The molecule has 0 amide bonds. The zero-order valence-electron chi connectivity index (χ0n) is 9.96. The predicted octanol–water partition coefficient (Wildman–Crippen LogP) is 2.75. The van der Waals surface area contributed by atoms with Gasteiger partial charge in [-0.2, -0.15) is 0 Å². The first kappa shape index (κ1) is 11.7. The maximum absolute atomic E-state index is 6.25. The van der Waals surface area contributed by atoms with Gasteiger partial charge in [0.05, 0.1) is 0 Å². The van der Waals surface area contributed by atoms with Gasteiger partial charge in [-0.25, -0.2) is 0 Å². The summed E-state index contributed by atoms with van der Waals surface area (Å²) in [6.45, 7) is 2.92. The minimum atomic E-state index is 0.567. The van der Waals surface area contributed by atoms with Crippen molar-refractivity contribution < 1.29 is 0 Å². The molecular formula is C13H19ClN2. The van der Waals surface area contributed by atoms with E-state index < -0.39 is 0 Å². The van der Waals surface area contributed by atoms with Crippen molar-refractivity contribution in [2.24, 2.45) is 5.73 Å². The Labute approximate surface area is 102 Å². The van der Waals surface area contributed by atoms with E-state index in [0.717, 1.165) is 30.8 Å². The molecule has 16 heavy (non-hydrogen) atoms. The predicted molar refractivity (Wildman–Crippen MR) is 70.4 cm³/mol. The first-order valence-corrected chi connectivity index (χ1v) is 6.23. The number of hydrogen-bond acceptors (Lipinski definition) is 2. The SMILES string of the molecule is Cc1ccc(Cl)c2c1N(C)C(CCCN)C2. The van der Waals surface area contributed by atoms with Crippen LogP contribution in [0, 0.1) is 6.92 Å². The molecule has 0 radical (unpaired) electrons. The second-order valence-corrected chi connectivity index (χ2v) is 5.00. The topological polar surface area (TPSA) is 29.3 Å². The van der Waals surface area contributed by atoms with E-state index in [1.807, 2.05) is 6.07 Å². The number of benzene rings is 1. The molecule has 1 heterocycles. The van der Waals surface area contributed by atoms with Gasteiger partial charge in [-0.05, 0) is 49.9 Å². The molecule has 0 aliphatic carbocycles. The number of fused-ring (bicyclic) bond motifs is 1. The van der Waals surface area contributed by atoms with Crippen molar-refractivity contribution in [3.63, 3.8) is 0 Å². The normalized spacial score (nSPS) is 19.0. The van der Waals surface area contributed by atoms with Gasteiger partial charge in [0.1, 0.15) is 0 Å². The lowest BCUT2D eigenvalue weighted by Gasteiger charge is -2.23. The summed E-state index contributed by atoms with van der Waals surface area (Å²) in [5.41, 5.74) is 9.53. The van der Waals surface area contributed by atoms with Crippen LogP contribution in [0.1, 0.15) is 24.0 Å².